The second-order valence-electron chi connectivity index (χ2n) is 2.85. The Balaban J connectivity index is 2.82. The molecule has 0 atom stereocenters. The van der Waals surface area contributed by atoms with E-state index in [1.54, 1.807) is 18.4 Å². The van der Waals surface area contributed by atoms with Crippen molar-refractivity contribution in [1.82, 2.24) is 0 Å². The molecular weight excluding hydrogens is 284 g/mol. The largest absolute Gasteiger partial charge is 0.496 e. The Bertz CT molecular complexity index is 466. The van der Waals surface area contributed by atoms with Gasteiger partial charge in [0.15, 0.2) is 0 Å². The summed E-state index contributed by atoms with van der Waals surface area (Å²) in [5.74, 6) is 0.889. The minimum atomic E-state index is 0.790. The number of rotatable bonds is 2. The van der Waals surface area contributed by atoms with Gasteiger partial charge in [-0.05, 0) is 23.1 Å². The van der Waals surface area contributed by atoms with Gasteiger partial charge in [-0.15, -0.1) is 11.3 Å². The van der Waals surface area contributed by atoms with Gasteiger partial charge in [0.1, 0.15) is 5.75 Å². The van der Waals surface area contributed by atoms with Gasteiger partial charge in [-0.1, -0.05) is 27.5 Å². The fraction of sp³-hybridized carbons (Fsp3) is 0.200. The number of fused-ring (bicyclic) bond motifs is 1. The van der Waals surface area contributed by atoms with E-state index in [1.165, 1.54) is 5.56 Å². The molecule has 0 radical (unpaired) electrons. The molecule has 0 amide bonds. The van der Waals surface area contributed by atoms with Gasteiger partial charge in [0, 0.05) is 10.7 Å². The minimum Gasteiger partial charge on any atom is -0.496 e. The number of thiophene rings is 1. The molecule has 0 N–H and O–H groups in total. The van der Waals surface area contributed by atoms with Crippen molar-refractivity contribution in [3.63, 3.8) is 0 Å². The first kappa shape index (κ1) is 10.3. The smallest absolute Gasteiger partial charge is 0.127 e. The fourth-order valence-corrected chi connectivity index (χ4v) is 3.35. The van der Waals surface area contributed by atoms with Crippen LogP contribution >= 0.6 is 38.9 Å². The summed E-state index contributed by atoms with van der Waals surface area (Å²) >= 11 is 11.2. The minimum absolute atomic E-state index is 0.790. The van der Waals surface area contributed by atoms with Crippen LogP contribution in [0.4, 0.5) is 0 Å². The monoisotopic (exact) mass is 290 g/mol. The van der Waals surface area contributed by atoms with Crippen molar-refractivity contribution < 1.29 is 4.74 Å². The van der Waals surface area contributed by atoms with Gasteiger partial charge < -0.3 is 4.74 Å². The average Bonchev–Trinajstić information content (AvgIpc) is 2.63. The maximum absolute atomic E-state index is 6.10. The molecule has 0 unspecified atom stereocenters. The van der Waals surface area contributed by atoms with Crippen LogP contribution in [0.2, 0.25) is 5.02 Å². The summed E-state index contributed by atoms with van der Waals surface area (Å²) in [5.41, 5.74) is 1.23. The molecule has 74 valence electrons. The molecule has 0 saturated heterocycles. The topological polar surface area (TPSA) is 9.23 Å². The number of ether oxygens (including phenoxy) is 1. The molecule has 0 fully saturated rings. The van der Waals surface area contributed by atoms with Gasteiger partial charge in [0.25, 0.3) is 0 Å². The Morgan fingerprint density at radius 3 is 2.93 bits per heavy atom. The lowest BCUT2D eigenvalue weighted by Crippen LogP contribution is -1.85. The van der Waals surface area contributed by atoms with E-state index >= 15 is 0 Å². The Morgan fingerprint density at radius 1 is 1.50 bits per heavy atom. The molecule has 1 aromatic carbocycles. The summed E-state index contributed by atoms with van der Waals surface area (Å²) in [4.78, 5) is 0. The van der Waals surface area contributed by atoms with Crippen LogP contribution in [0.15, 0.2) is 17.5 Å². The van der Waals surface area contributed by atoms with E-state index in [4.69, 9.17) is 16.3 Å². The fourth-order valence-electron chi connectivity index (χ4n) is 1.42. The Labute approximate surface area is 99.8 Å². The SMILES string of the molecule is COc1ccc(Cl)c2scc(CBr)c12. The molecule has 4 heteroatoms. The highest BCUT2D eigenvalue weighted by molar-refractivity contribution is 9.08. The third kappa shape index (κ3) is 1.53. The van der Waals surface area contributed by atoms with Crippen LogP contribution in [0.1, 0.15) is 5.56 Å². The average molecular weight is 292 g/mol. The predicted molar refractivity (Wildman–Crippen MR) is 66.0 cm³/mol. The maximum atomic E-state index is 6.10. The van der Waals surface area contributed by atoms with Crippen LogP contribution in [-0.4, -0.2) is 7.11 Å². The zero-order valence-electron chi connectivity index (χ0n) is 7.51. The molecule has 1 nitrogen and oxygen atoms in total. The molecule has 14 heavy (non-hydrogen) atoms. The van der Waals surface area contributed by atoms with E-state index in [2.05, 4.69) is 21.3 Å². The molecular formula is C10H8BrClOS. The van der Waals surface area contributed by atoms with Crippen molar-refractivity contribution in [3.8, 4) is 5.75 Å². The van der Waals surface area contributed by atoms with Crippen molar-refractivity contribution in [3.05, 3.63) is 28.1 Å². The number of methoxy groups -OCH3 is 1. The summed E-state index contributed by atoms with van der Waals surface area (Å²) in [6, 6.07) is 3.78. The number of benzene rings is 1. The predicted octanol–water partition coefficient (Wildman–Crippen LogP) is 4.46. The van der Waals surface area contributed by atoms with E-state index in [9.17, 15) is 0 Å². The highest BCUT2D eigenvalue weighted by atomic mass is 79.9. The first-order valence-electron chi connectivity index (χ1n) is 4.06. The molecule has 0 aliphatic carbocycles. The highest BCUT2D eigenvalue weighted by Crippen LogP contribution is 2.39. The standard InChI is InChI=1S/C10H8BrClOS/c1-13-8-3-2-7(12)10-9(8)6(4-11)5-14-10/h2-3,5H,4H2,1H3. The lowest BCUT2D eigenvalue weighted by Gasteiger charge is -2.04. The summed E-state index contributed by atoms with van der Waals surface area (Å²) in [5, 5.41) is 4.84. The van der Waals surface area contributed by atoms with Crippen LogP contribution in [0.25, 0.3) is 10.1 Å². The van der Waals surface area contributed by atoms with Crippen LogP contribution in [0.3, 0.4) is 0 Å². The molecule has 1 aromatic heterocycles. The highest BCUT2D eigenvalue weighted by Gasteiger charge is 2.11. The summed E-state index contributed by atoms with van der Waals surface area (Å²) in [6.45, 7) is 0. The molecule has 1 heterocycles. The van der Waals surface area contributed by atoms with Crippen molar-refractivity contribution in [2.75, 3.05) is 7.11 Å². The first-order valence-corrected chi connectivity index (χ1v) is 6.44. The number of hydrogen-bond acceptors (Lipinski definition) is 2. The summed E-state index contributed by atoms with van der Waals surface area (Å²) < 4.78 is 6.41. The van der Waals surface area contributed by atoms with Gasteiger partial charge in [-0.3, -0.25) is 0 Å². The van der Waals surface area contributed by atoms with Crippen molar-refractivity contribution >= 4 is 49.0 Å². The zero-order valence-corrected chi connectivity index (χ0v) is 10.7. The normalized spacial score (nSPS) is 10.8. The van der Waals surface area contributed by atoms with E-state index in [-0.39, 0.29) is 0 Å². The number of hydrogen-bond donors (Lipinski definition) is 0. The van der Waals surface area contributed by atoms with Crippen LogP contribution in [0.5, 0.6) is 5.75 Å². The van der Waals surface area contributed by atoms with E-state index in [1.807, 2.05) is 12.1 Å². The maximum Gasteiger partial charge on any atom is 0.127 e. The zero-order chi connectivity index (χ0) is 10.1. The lowest BCUT2D eigenvalue weighted by atomic mass is 10.2. The van der Waals surface area contributed by atoms with Crippen LogP contribution < -0.4 is 4.74 Å². The Hall–Kier alpha value is -0.250. The molecule has 0 aliphatic rings. The van der Waals surface area contributed by atoms with Crippen LogP contribution in [0, 0.1) is 0 Å². The van der Waals surface area contributed by atoms with Crippen molar-refractivity contribution in [1.29, 1.82) is 0 Å². The summed E-state index contributed by atoms with van der Waals surface area (Å²) in [6.07, 6.45) is 0. The van der Waals surface area contributed by atoms with Gasteiger partial charge in [-0.2, -0.15) is 0 Å². The number of halogens is 2. The Morgan fingerprint density at radius 2 is 2.29 bits per heavy atom. The van der Waals surface area contributed by atoms with Crippen molar-refractivity contribution in [2.45, 2.75) is 5.33 Å². The van der Waals surface area contributed by atoms with Crippen molar-refractivity contribution in [2.24, 2.45) is 0 Å². The second-order valence-corrected chi connectivity index (χ2v) is 4.70. The number of alkyl halides is 1. The van der Waals surface area contributed by atoms with E-state index in [0.29, 0.717) is 0 Å². The van der Waals surface area contributed by atoms with Gasteiger partial charge in [0.05, 0.1) is 16.8 Å². The third-order valence-electron chi connectivity index (χ3n) is 2.08. The summed E-state index contributed by atoms with van der Waals surface area (Å²) in [7, 11) is 1.68. The van der Waals surface area contributed by atoms with E-state index in [0.717, 1.165) is 26.2 Å². The quantitative estimate of drug-likeness (QED) is 0.742. The molecule has 2 rings (SSSR count). The lowest BCUT2D eigenvalue weighted by molar-refractivity contribution is 0.420. The first-order chi connectivity index (χ1) is 6.77. The van der Waals surface area contributed by atoms with Gasteiger partial charge in [-0.25, -0.2) is 0 Å². The van der Waals surface area contributed by atoms with Gasteiger partial charge >= 0.3 is 0 Å². The third-order valence-corrected chi connectivity index (χ3v) is 4.17. The van der Waals surface area contributed by atoms with E-state index < -0.39 is 0 Å². The Kier molecular flexibility index (Phi) is 3.00. The molecule has 2 aromatic rings. The molecule has 0 bridgehead atoms. The van der Waals surface area contributed by atoms with Crippen LogP contribution in [-0.2, 0) is 5.33 Å². The molecule has 0 aliphatic heterocycles. The van der Waals surface area contributed by atoms with Gasteiger partial charge in [0.2, 0.25) is 0 Å². The molecule has 0 spiro atoms. The second kappa shape index (κ2) is 4.09. The molecule has 0 saturated carbocycles.